The fraction of sp³-hybridized carbons (Fsp3) is 0.474. The maximum atomic E-state index is 12.6. The number of nitrogens with one attached hydrogen (secondary N) is 1. The average Bonchev–Trinajstić information content (AvgIpc) is 2.99. The molecule has 25 heavy (non-hydrogen) atoms. The van der Waals surface area contributed by atoms with E-state index in [4.69, 9.17) is 4.74 Å². The molecule has 134 valence electrons. The number of amides is 1. The van der Waals surface area contributed by atoms with E-state index in [1.54, 1.807) is 4.68 Å². The quantitative estimate of drug-likeness (QED) is 0.902. The highest BCUT2D eigenvalue weighted by Gasteiger charge is 2.26. The van der Waals surface area contributed by atoms with Crippen molar-refractivity contribution in [1.82, 2.24) is 20.0 Å². The molecule has 1 aromatic carbocycles. The topological polar surface area (TPSA) is 59.4 Å². The minimum atomic E-state index is 0.0804. The molecule has 0 spiro atoms. The van der Waals surface area contributed by atoms with Crippen LogP contribution in [0.3, 0.4) is 0 Å². The van der Waals surface area contributed by atoms with E-state index in [0.717, 1.165) is 29.8 Å². The first-order chi connectivity index (χ1) is 12.0. The van der Waals surface area contributed by atoms with Gasteiger partial charge in [0.1, 0.15) is 0 Å². The van der Waals surface area contributed by atoms with Crippen molar-refractivity contribution in [1.29, 1.82) is 0 Å². The van der Waals surface area contributed by atoms with Gasteiger partial charge in [-0.05, 0) is 31.5 Å². The van der Waals surface area contributed by atoms with Crippen LogP contribution >= 0.6 is 0 Å². The average molecular weight is 342 g/mol. The summed E-state index contributed by atoms with van der Waals surface area (Å²) in [5, 5.41) is 7.54. The zero-order chi connectivity index (χ0) is 17.8. The van der Waals surface area contributed by atoms with Crippen molar-refractivity contribution in [2.45, 2.75) is 39.1 Å². The van der Waals surface area contributed by atoms with Crippen LogP contribution in [0.15, 0.2) is 36.7 Å². The molecule has 1 aliphatic rings. The molecule has 1 fully saturated rings. The van der Waals surface area contributed by atoms with Crippen LogP contribution in [0.4, 0.5) is 0 Å². The van der Waals surface area contributed by atoms with Crippen molar-refractivity contribution >= 4 is 5.91 Å². The molecular formula is C19H26N4O2. The standard InChI is InChI=1S/C19H26N4O2/c1-14-11-23(12-15(2)25-14)19(24)18-6-4-16(5-7-18)8-20-9-17-10-21-22(3)13-17/h4-7,10,13-15,20H,8-9,11-12H2,1-3H3. The summed E-state index contributed by atoms with van der Waals surface area (Å²) in [4.78, 5) is 14.5. The molecule has 1 saturated heterocycles. The van der Waals surface area contributed by atoms with E-state index in [1.807, 2.05) is 62.5 Å². The van der Waals surface area contributed by atoms with Gasteiger partial charge in [-0.3, -0.25) is 9.48 Å². The summed E-state index contributed by atoms with van der Waals surface area (Å²) < 4.78 is 7.49. The molecule has 6 heteroatoms. The van der Waals surface area contributed by atoms with E-state index in [2.05, 4.69) is 10.4 Å². The Hall–Kier alpha value is -2.18. The van der Waals surface area contributed by atoms with E-state index in [-0.39, 0.29) is 18.1 Å². The van der Waals surface area contributed by atoms with Crippen molar-refractivity contribution in [2.24, 2.45) is 7.05 Å². The van der Waals surface area contributed by atoms with E-state index in [9.17, 15) is 4.79 Å². The Bertz CT molecular complexity index is 700. The zero-order valence-corrected chi connectivity index (χ0v) is 15.1. The summed E-state index contributed by atoms with van der Waals surface area (Å²) in [5.41, 5.74) is 3.05. The van der Waals surface area contributed by atoms with Gasteiger partial charge in [0, 0.05) is 50.6 Å². The van der Waals surface area contributed by atoms with Crippen LogP contribution in [0.25, 0.3) is 0 Å². The Morgan fingerprint density at radius 2 is 1.80 bits per heavy atom. The molecule has 2 atom stereocenters. The fourth-order valence-electron chi connectivity index (χ4n) is 3.21. The second-order valence-corrected chi connectivity index (χ2v) is 6.79. The number of morpholine rings is 1. The smallest absolute Gasteiger partial charge is 0.254 e. The van der Waals surface area contributed by atoms with E-state index in [1.165, 1.54) is 0 Å². The minimum absolute atomic E-state index is 0.0804. The molecular weight excluding hydrogens is 316 g/mol. The summed E-state index contributed by atoms with van der Waals surface area (Å²) in [6, 6.07) is 7.84. The number of carbonyl (C=O) groups is 1. The Kier molecular flexibility index (Phi) is 5.50. The van der Waals surface area contributed by atoms with Gasteiger partial charge in [0.05, 0.1) is 18.4 Å². The number of rotatable bonds is 5. The van der Waals surface area contributed by atoms with Crippen molar-refractivity contribution in [3.05, 3.63) is 53.3 Å². The number of aryl methyl sites for hydroxylation is 1. The van der Waals surface area contributed by atoms with Gasteiger partial charge in [0.25, 0.3) is 5.91 Å². The van der Waals surface area contributed by atoms with Gasteiger partial charge >= 0.3 is 0 Å². The third-order valence-corrected chi connectivity index (χ3v) is 4.32. The molecule has 0 saturated carbocycles. The number of carbonyl (C=O) groups excluding carboxylic acids is 1. The molecule has 1 N–H and O–H groups in total. The van der Waals surface area contributed by atoms with Crippen molar-refractivity contribution < 1.29 is 9.53 Å². The van der Waals surface area contributed by atoms with Gasteiger partial charge in [-0.25, -0.2) is 0 Å². The molecule has 3 rings (SSSR count). The molecule has 0 bridgehead atoms. The Morgan fingerprint density at radius 1 is 1.16 bits per heavy atom. The summed E-state index contributed by atoms with van der Waals surface area (Å²) in [5.74, 6) is 0.0804. The van der Waals surface area contributed by atoms with E-state index < -0.39 is 0 Å². The van der Waals surface area contributed by atoms with E-state index >= 15 is 0 Å². The molecule has 6 nitrogen and oxygen atoms in total. The number of ether oxygens (including phenoxy) is 1. The van der Waals surface area contributed by atoms with Gasteiger partial charge in [0.15, 0.2) is 0 Å². The highest BCUT2D eigenvalue weighted by Crippen LogP contribution is 2.15. The minimum Gasteiger partial charge on any atom is -0.372 e. The lowest BCUT2D eigenvalue weighted by molar-refractivity contribution is -0.0586. The third-order valence-electron chi connectivity index (χ3n) is 4.32. The normalized spacial score (nSPS) is 20.7. The van der Waals surface area contributed by atoms with Gasteiger partial charge in [-0.15, -0.1) is 0 Å². The number of benzene rings is 1. The predicted molar refractivity (Wildman–Crippen MR) is 96.1 cm³/mol. The van der Waals surface area contributed by atoms with Crippen molar-refractivity contribution in [2.75, 3.05) is 13.1 Å². The number of aromatic nitrogens is 2. The SMILES string of the molecule is CC1CN(C(=O)c2ccc(CNCc3cnn(C)c3)cc2)CC(C)O1. The summed E-state index contributed by atoms with van der Waals surface area (Å²) >= 11 is 0. The predicted octanol–water partition coefficient (Wildman–Crippen LogP) is 1.96. The van der Waals surface area contributed by atoms with Crippen LogP contribution in [0.1, 0.15) is 35.3 Å². The highest BCUT2D eigenvalue weighted by molar-refractivity contribution is 5.94. The first-order valence-electron chi connectivity index (χ1n) is 8.73. The fourth-order valence-corrected chi connectivity index (χ4v) is 3.21. The van der Waals surface area contributed by atoms with Crippen LogP contribution in [0.5, 0.6) is 0 Å². The Balaban J connectivity index is 1.53. The number of nitrogens with zero attached hydrogens (tertiary/aromatic N) is 3. The molecule has 1 aromatic heterocycles. The highest BCUT2D eigenvalue weighted by atomic mass is 16.5. The first kappa shape index (κ1) is 17.6. The summed E-state index contributed by atoms with van der Waals surface area (Å²) in [6.07, 6.45) is 4.03. The zero-order valence-electron chi connectivity index (χ0n) is 15.1. The van der Waals surface area contributed by atoms with E-state index in [0.29, 0.717) is 13.1 Å². The van der Waals surface area contributed by atoms with Crippen LogP contribution < -0.4 is 5.32 Å². The second-order valence-electron chi connectivity index (χ2n) is 6.79. The lowest BCUT2D eigenvalue weighted by Crippen LogP contribution is -2.48. The van der Waals surface area contributed by atoms with Gasteiger partial charge in [-0.1, -0.05) is 12.1 Å². The maximum absolute atomic E-state index is 12.6. The maximum Gasteiger partial charge on any atom is 0.254 e. The van der Waals surface area contributed by atoms with Crippen LogP contribution in [-0.2, 0) is 24.9 Å². The van der Waals surface area contributed by atoms with Crippen molar-refractivity contribution in [3.8, 4) is 0 Å². The van der Waals surface area contributed by atoms with Gasteiger partial charge in [-0.2, -0.15) is 5.10 Å². The van der Waals surface area contributed by atoms with Crippen molar-refractivity contribution in [3.63, 3.8) is 0 Å². The molecule has 2 unspecified atom stereocenters. The second kappa shape index (κ2) is 7.80. The Labute approximate surface area is 148 Å². The van der Waals surface area contributed by atoms with Crippen LogP contribution in [-0.4, -0.2) is 45.9 Å². The molecule has 0 aliphatic carbocycles. The Morgan fingerprint density at radius 3 is 2.40 bits per heavy atom. The lowest BCUT2D eigenvalue weighted by Gasteiger charge is -2.35. The van der Waals surface area contributed by atoms with Gasteiger partial charge in [0.2, 0.25) is 0 Å². The third kappa shape index (κ3) is 4.67. The first-order valence-corrected chi connectivity index (χ1v) is 8.73. The summed E-state index contributed by atoms with van der Waals surface area (Å²) in [7, 11) is 1.91. The van der Waals surface area contributed by atoms with Crippen LogP contribution in [0, 0.1) is 0 Å². The number of hydrogen-bond acceptors (Lipinski definition) is 4. The molecule has 1 aliphatic heterocycles. The molecule has 1 amide bonds. The van der Waals surface area contributed by atoms with Crippen LogP contribution in [0.2, 0.25) is 0 Å². The summed E-state index contributed by atoms with van der Waals surface area (Å²) in [6.45, 7) is 6.85. The molecule has 0 radical (unpaired) electrons. The largest absolute Gasteiger partial charge is 0.372 e. The molecule has 2 heterocycles. The lowest BCUT2D eigenvalue weighted by atomic mass is 10.1. The molecule has 2 aromatic rings. The monoisotopic (exact) mass is 342 g/mol. The van der Waals surface area contributed by atoms with Gasteiger partial charge < -0.3 is 15.0 Å². The number of hydrogen-bond donors (Lipinski definition) is 1.